The van der Waals surface area contributed by atoms with Crippen LogP contribution in [0.15, 0.2) is 36.9 Å². The van der Waals surface area contributed by atoms with Gasteiger partial charge in [-0.25, -0.2) is 0 Å². The van der Waals surface area contributed by atoms with Gasteiger partial charge in [-0.2, -0.15) is 0 Å². The number of ether oxygens (including phenoxy) is 1. The number of anilines is 1. The average molecular weight is 245 g/mol. The molecule has 96 valence electrons. The van der Waals surface area contributed by atoms with E-state index in [0.717, 1.165) is 36.9 Å². The molecule has 0 radical (unpaired) electrons. The number of carbonyl (C=O) groups is 1. The van der Waals surface area contributed by atoms with Crippen molar-refractivity contribution >= 4 is 11.6 Å². The maximum Gasteiger partial charge on any atom is 0.253 e. The molecule has 0 bridgehead atoms. The summed E-state index contributed by atoms with van der Waals surface area (Å²) in [7, 11) is 0. The zero-order chi connectivity index (χ0) is 12.8. The van der Waals surface area contributed by atoms with E-state index in [0.29, 0.717) is 6.61 Å². The number of benzene rings is 1. The molecular weight excluding hydrogens is 226 g/mol. The van der Waals surface area contributed by atoms with Crippen LogP contribution in [-0.2, 0) is 16.0 Å². The SMILES string of the molecule is C=CCCc1ccccc1NC(=O)[C@@H]1CCCO1. The molecule has 1 fully saturated rings. The summed E-state index contributed by atoms with van der Waals surface area (Å²) in [5, 5.41) is 2.96. The summed E-state index contributed by atoms with van der Waals surface area (Å²) in [5.74, 6) is -0.0291. The van der Waals surface area contributed by atoms with Crippen LogP contribution >= 0.6 is 0 Å². The molecule has 1 N–H and O–H groups in total. The van der Waals surface area contributed by atoms with Gasteiger partial charge in [-0.15, -0.1) is 6.58 Å². The van der Waals surface area contributed by atoms with E-state index in [1.807, 2.05) is 30.3 Å². The maximum absolute atomic E-state index is 12.0. The summed E-state index contributed by atoms with van der Waals surface area (Å²) >= 11 is 0. The van der Waals surface area contributed by atoms with Gasteiger partial charge in [0.15, 0.2) is 0 Å². The molecule has 1 atom stereocenters. The second-order valence-corrected chi connectivity index (χ2v) is 4.48. The van der Waals surface area contributed by atoms with E-state index in [9.17, 15) is 4.79 Å². The number of nitrogens with one attached hydrogen (secondary N) is 1. The molecule has 0 aliphatic carbocycles. The Morgan fingerprint density at radius 1 is 1.50 bits per heavy atom. The van der Waals surface area contributed by atoms with Crippen molar-refractivity contribution in [3.05, 3.63) is 42.5 Å². The maximum atomic E-state index is 12.0. The molecule has 0 saturated carbocycles. The Balaban J connectivity index is 2.03. The van der Waals surface area contributed by atoms with E-state index in [1.165, 1.54) is 0 Å². The van der Waals surface area contributed by atoms with Gasteiger partial charge >= 0.3 is 0 Å². The fourth-order valence-corrected chi connectivity index (χ4v) is 2.12. The number of hydrogen-bond donors (Lipinski definition) is 1. The number of amides is 1. The fraction of sp³-hybridized carbons (Fsp3) is 0.400. The van der Waals surface area contributed by atoms with Crippen molar-refractivity contribution in [3.8, 4) is 0 Å². The topological polar surface area (TPSA) is 38.3 Å². The van der Waals surface area contributed by atoms with Crippen molar-refractivity contribution in [3.63, 3.8) is 0 Å². The molecule has 1 aromatic carbocycles. The average Bonchev–Trinajstić information content (AvgIpc) is 2.91. The first-order valence-electron chi connectivity index (χ1n) is 6.42. The Kier molecular flexibility index (Phi) is 4.53. The molecule has 1 heterocycles. The number of aryl methyl sites for hydroxylation is 1. The first-order chi connectivity index (χ1) is 8.81. The van der Waals surface area contributed by atoms with Crippen molar-refractivity contribution in [1.29, 1.82) is 0 Å². The van der Waals surface area contributed by atoms with Crippen LogP contribution in [0.25, 0.3) is 0 Å². The summed E-state index contributed by atoms with van der Waals surface area (Å²) in [4.78, 5) is 12.0. The summed E-state index contributed by atoms with van der Waals surface area (Å²) in [6.07, 6.45) is 5.20. The molecule has 1 saturated heterocycles. The lowest BCUT2D eigenvalue weighted by Gasteiger charge is -2.13. The lowest BCUT2D eigenvalue weighted by Crippen LogP contribution is -2.27. The summed E-state index contributed by atoms with van der Waals surface area (Å²) in [6, 6.07) is 7.89. The third-order valence-electron chi connectivity index (χ3n) is 3.12. The molecule has 1 amide bonds. The van der Waals surface area contributed by atoms with Gasteiger partial charge < -0.3 is 10.1 Å². The molecule has 3 heteroatoms. The normalized spacial score (nSPS) is 18.6. The summed E-state index contributed by atoms with van der Waals surface area (Å²) < 4.78 is 5.38. The monoisotopic (exact) mass is 245 g/mol. The highest BCUT2D eigenvalue weighted by Gasteiger charge is 2.23. The van der Waals surface area contributed by atoms with Gasteiger partial charge in [-0.1, -0.05) is 24.3 Å². The lowest BCUT2D eigenvalue weighted by molar-refractivity contribution is -0.124. The highest BCUT2D eigenvalue weighted by Crippen LogP contribution is 2.19. The smallest absolute Gasteiger partial charge is 0.253 e. The molecule has 2 rings (SSSR count). The largest absolute Gasteiger partial charge is 0.368 e. The molecule has 1 aromatic rings. The van der Waals surface area contributed by atoms with Crippen molar-refractivity contribution in [2.24, 2.45) is 0 Å². The van der Waals surface area contributed by atoms with Crippen LogP contribution in [0, 0.1) is 0 Å². The van der Waals surface area contributed by atoms with Crippen molar-refractivity contribution in [1.82, 2.24) is 0 Å². The van der Waals surface area contributed by atoms with E-state index in [-0.39, 0.29) is 12.0 Å². The van der Waals surface area contributed by atoms with Gasteiger partial charge in [0.1, 0.15) is 6.10 Å². The van der Waals surface area contributed by atoms with Crippen LogP contribution in [0.2, 0.25) is 0 Å². The molecule has 0 spiro atoms. The number of rotatable bonds is 5. The Bertz CT molecular complexity index is 422. The van der Waals surface area contributed by atoms with E-state index in [4.69, 9.17) is 4.74 Å². The second-order valence-electron chi connectivity index (χ2n) is 4.48. The first kappa shape index (κ1) is 12.8. The van der Waals surface area contributed by atoms with Gasteiger partial charge in [0, 0.05) is 12.3 Å². The third-order valence-corrected chi connectivity index (χ3v) is 3.12. The van der Waals surface area contributed by atoms with Crippen LogP contribution in [0.5, 0.6) is 0 Å². The molecule has 18 heavy (non-hydrogen) atoms. The molecule has 0 aromatic heterocycles. The van der Waals surface area contributed by atoms with Crippen LogP contribution in [0.3, 0.4) is 0 Å². The standard InChI is InChI=1S/C15H19NO2/c1-2-3-7-12-8-4-5-9-13(12)16-15(17)14-10-6-11-18-14/h2,4-5,8-9,14H,1,3,6-7,10-11H2,(H,16,17)/t14-/m0/s1. The zero-order valence-electron chi connectivity index (χ0n) is 10.5. The minimum atomic E-state index is -0.280. The minimum absolute atomic E-state index is 0.0291. The lowest BCUT2D eigenvalue weighted by atomic mass is 10.1. The number of para-hydroxylation sites is 1. The highest BCUT2D eigenvalue weighted by atomic mass is 16.5. The van der Waals surface area contributed by atoms with E-state index in [1.54, 1.807) is 0 Å². The Morgan fingerprint density at radius 2 is 2.33 bits per heavy atom. The first-order valence-corrected chi connectivity index (χ1v) is 6.42. The summed E-state index contributed by atoms with van der Waals surface area (Å²) in [5.41, 5.74) is 2.03. The van der Waals surface area contributed by atoms with Crippen LogP contribution < -0.4 is 5.32 Å². The van der Waals surface area contributed by atoms with Gasteiger partial charge in [0.05, 0.1) is 0 Å². The van der Waals surface area contributed by atoms with Gasteiger partial charge in [-0.3, -0.25) is 4.79 Å². The predicted octanol–water partition coefficient (Wildman–Crippen LogP) is 2.92. The van der Waals surface area contributed by atoms with Gasteiger partial charge in [-0.05, 0) is 37.3 Å². The van der Waals surface area contributed by atoms with Crippen molar-refractivity contribution in [2.75, 3.05) is 11.9 Å². The van der Waals surface area contributed by atoms with Gasteiger partial charge in [0.25, 0.3) is 5.91 Å². The van der Waals surface area contributed by atoms with E-state index < -0.39 is 0 Å². The Morgan fingerprint density at radius 3 is 3.06 bits per heavy atom. The molecular formula is C15H19NO2. The number of allylic oxidation sites excluding steroid dienone is 1. The number of hydrogen-bond acceptors (Lipinski definition) is 2. The number of carbonyl (C=O) groups excluding carboxylic acids is 1. The van der Waals surface area contributed by atoms with Crippen LogP contribution in [0.1, 0.15) is 24.8 Å². The fourth-order valence-electron chi connectivity index (χ4n) is 2.12. The van der Waals surface area contributed by atoms with Crippen LogP contribution in [-0.4, -0.2) is 18.6 Å². The van der Waals surface area contributed by atoms with E-state index >= 15 is 0 Å². The van der Waals surface area contributed by atoms with Crippen LogP contribution in [0.4, 0.5) is 5.69 Å². The van der Waals surface area contributed by atoms with E-state index in [2.05, 4.69) is 11.9 Å². The Labute approximate surface area is 108 Å². The quantitative estimate of drug-likeness (QED) is 0.810. The second kappa shape index (κ2) is 6.36. The molecule has 3 nitrogen and oxygen atoms in total. The Hall–Kier alpha value is -1.61. The van der Waals surface area contributed by atoms with Gasteiger partial charge in [0.2, 0.25) is 0 Å². The molecule has 0 unspecified atom stereocenters. The molecule has 1 aliphatic heterocycles. The van der Waals surface area contributed by atoms with Crippen molar-refractivity contribution in [2.45, 2.75) is 31.8 Å². The zero-order valence-corrected chi connectivity index (χ0v) is 10.5. The third kappa shape index (κ3) is 3.20. The predicted molar refractivity (Wildman–Crippen MR) is 72.6 cm³/mol. The summed E-state index contributed by atoms with van der Waals surface area (Å²) in [6.45, 7) is 4.41. The molecule has 1 aliphatic rings. The highest BCUT2D eigenvalue weighted by molar-refractivity contribution is 5.94. The van der Waals surface area contributed by atoms with Crippen molar-refractivity contribution < 1.29 is 9.53 Å². The minimum Gasteiger partial charge on any atom is -0.368 e.